The standard InChI is InChI=1S/C17H19BrClN/c1-12(2)17(14-6-4-3-5-7-14)20-11-13-8-9-16(19)15(18)10-13/h3-10,12,17,20H,11H2,1-2H3. The number of hydrogen-bond donors (Lipinski definition) is 1. The minimum atomic E-state index is 0.352. The largest absolute Gasteiger partial charge is 0.306 e. The van der Waals surface area contributed by atoms with Gasteiger partial charge in [-0.3, -0.25) is 0 Å². The molecular weight excluding hydrogens is 334 g/mol. The van der Waals surface area contributed by atoms with Crippen LogP contribution in [0.1, 0.15) is 31.0 Å². The molecule has 0 radical (unpaired) electrons. The van der Waals surface area contributed by atoms with Gasteiger partial charge < -0.3 is 5.32 Å². The van der Waals surface area contributed by atoms with E-state index in [0.29, 0.717) is 12.0 Å². The van der Waals surface area contributed by atoms with Gasteiger partial charge in [0, 0.05) is 17.1 Å². The molecule has 1 N–H and O–H groups in total. The third kappa shape index (κ3) is 4.08. The average Bonchev–Trinajstić information content (AvgIpc) is 2.44. The van der Waals surface area contributed by atoms with Crippen molar-refractivity contribution in [3.05, 3.63) is 69.2 Å². The number of halogens is 2. The maximum absolute atomic E-state index is 6.02. The summed E-state index contributed by atoms with van der Waals surface area (Å²) in [6.07, 6.45) is 0. The third-order valence-electron chi connectivity index (χ3n) is 3.34. The van der Waals surface area contributed by atoms with Gasteiger partial charge in [-0.15, -0.1) is 0 Å². The summed E-state index contributed by atoms with van der Waals surface area (Å²) in [5.41, 5.74) is 2.55. The van der Waals surface area contributed by atoms with Crippen LogP contribution < -0.4 is 5.32 Å². The SMILES string of the molecule is CC(C)C(NCc1ccc(Cl)c(Br)c1)c1ccccc1. The fourth-order valence-corrected chi connectivity index (χ4v) is 2.82. The minimum absolute atomic E-state index is 0.352. The predicted molar refractivity (Wildman–Crippen MR) is 90.0 cm³/mol. The van der Waals surface area contributed by atoms with Crippen molar-refractivity contribution >= 4 is 27.5 Å². The molecule has 2 aromatic carbocycles. The van der Waals surface area contributed by atoms with E-state index in [-0.39, 0.29) is 0 Å². The van der Waals surface area contributed by atoms with Crippen LogP contribution in [0.4, 0.5) is 0 Å². The van der Waals surface area contributed by atoms with Crippen molar-refractivity contribution in [1.82, 2.24) is 5.32 Å². The Hall–Kier alpha value is -0.830. The van der Waals surface area contributed by atoms with Crippen molar-refractivity contribution in [3.8, 4) is 0 Å². The molecule has 1 atom stereocenters. The molecule has 106 valence electrons. The van der Waals surface area contributed by atoms with Crippen molar-refractivity contribution < 1.29 is 0 Å². The first-order chi connectivity index (χ1) is 9.58. The van der Waals surface area contributed by atoms with Crippen LogP contribution in [0, 0.1) is 5.92 Å². The molecular formula is C17H19BrClN. The van der Waals surface area contributed by atoms with Crippen LogP contribution in [0.3, 0.4) is 0 Å². The van der Waals surface area contributed by atoms with Crippen LogP contribution in [0.5, 0.6) is 0 Å². The first-order valence-electron chi connectivity index (χ1n) is 6.80. The van der Waals surface area contributed by atoms with Gasteiger partial charge in [-0.1, -0.05) is 61.8 Å². The zero-order valence-corrected chi connectivity index (χ0v) is 14.1. The lowest BCUT2D eigenvalue weighted by Gasteiger charge is -2.23. The summed E-state index contributed by atoms with van der Waals surface area (Å²) in [4.78, 5) is 0. The van der Waals surface area contributed by atoms with Crippen LogP contribution in [0.25, 0.3) is 0 Å². The van der Waals surface area contributed by atoms with E-state index in [0.717, 1.165) is 16.0 Å². The van der Waals surface area contributed by atoms with Gasteiger partial charge >= 0.3 is 0 Å². The Morgan fingerprint density at radius 1 is 1.10 bits per heavy atom. The fraction of sp³-hybridized carbons (Fsp3) is 0.294. The lowest BCUT2D eigenvalue weighted by atomic mass is 9.96. The molecule has 2 rings (SSSR count). The molecule has 20 heavy (non-hydrogen) atoms. The molecule has 1 unspecified atom stereocenters. The summed E-state index contributed by atoms with van der Waals surface area (Å²) in [6.45, 7) is 5.30. The number of rotatable bonds is 5. The maximum Gasteiger partial charge on any atom is 0.0548 e. The Morgan fingerprint density at radius 3 is 2.40 bits per heavy atom. The van der Waals surface area contributed by atoms with Gasteiger partial charge in [0.15, 0.2) is 0 Å². The summed E-state index contributed by atoms with van der Waals surface area (Å²) in [6, 6.07) is 17.0. The van der Waals surface area contributed by atoms with E-state index >= 15 is 0 Å². The first kappa shape index (κ1) is 15.6. The minimum Gasteiger partial charge on any atom is -0.306 e. The molecule has 0 aromatic heterocycles. The van der Waals surface area contributed by atoms with E-state index < -0.39 is 0 Å². The van der Waals surface area contributed by atoms with E-state index in [2.05, 4.69) is 77.6 Å². The second-order valence-corrected chi connectivity index (χ2v) is 6.52. The molecule has 0 amide bonds. The molecule has 0 heterocycles. The average molecular weight is 353 g/mol. The highest BCUT2D eigenvalue weighted by Crippen LogP contribution is 2.25. The van der Waals surface area contributed by atoms with Crippen molar-refractivity contribution in [2.45, 2.75) is 26.4 Å². The molecule has 0 aliphatic rings. The van der Waals surface area contributed by atoms with Crippen molar-refractivity contribution in [1.29, 1.82) is 0 Å². The lowest BCUT2D eigenvalue weighted by Crippen LogP contribution is -2.25. The van der Waals surface area contributed by atoms with E-state index in [1.54, 1.807) is 0 Å². The van der Waals surface area contributed by atoms with Crippen LogP contribution in [-0.4, -0.2) is 0 Å². The molecule has 0 bridgehead atoms. The molecule has 2 aromatic rings. The van der Waals surface area contributed by atoms with E-state index in [9.17, 15) is 0 Å². The summed E-state index contributed by atoms with van der Waals surface area (Å²) in [7, 11) is 0. The van der Waals surface area contributed by atoms with Gasteiger partial charge in [-0.2, -0.15) is 0 Å². The first-order valence-corrected chi connectivity index (χ1v) is 7.97. The van der Waals surface area contributed by atoms with Crippen molar-refractivity contribution in [2.75, 3.05) is 0 Å². The highest BCUT2D eigenvalue weighted by molar-refractivity contribution is 9.10. The summed E-state index contributed by atoms with van der Waals surface area (Å²) in [5.74, 6) is 0.535. The Balaban J connectivity index is 2.08. The molecule has 0 aliphatic heterocycles. The van der Waals surface area contributed by atoms with Gasteiger partial charge in [-0.05, 0) is 45.1 Å². The number of hydrogen-bond acceptors (Lipinski definition) is 1. The molecule has 1 nitrogen and oxygen atoms in total. The van der Waals surface area contributed by atoms with Crippen LogP contribution in [0.15, 0.2) is 53.0 Å². The second-order valence-electron chi connectivity index (χ2n) is 5.26. The highest BCUT2D eigenvalue weighted by atomic mass is 79.9. The van der Waals surface area contributed by atoms with Gasteiger partial charge in [0.25, 0.3) is 0 Å². The Bertz CT molecular complexity index is 554. The molecule has 0 saturated heterocycles. The van der Waals surface area contributed by atoms with Gasteiger partial charge in [0.2, 0.25) is 0 Å². The van der Waals surface area contributed by atoms with Gasteiger partial charge in [0.05, 0.1) is 5.02 Å². The zero-order valence-electron chi connectivity index (χ0n) is 11.7. The maximum atomic E-state index is 6.02. The van der Waals surface area contributed by atoms with E-state index in [4.69, 9.17) is 11.6 Å². The quantitative estimate of drug-likeness (QED) is 0.739. The second kappa shape index (κ2) is 7.26. The van der Waals surface area contributed by atoms with Gasteiger partial charge in [0.1, 0.15) is 0 Å². The lowest BCUT2D eigenvalue weighted by molar-refractivity contribution is 0.410. The van der Waals surface area contributed by atoms with Crippen LogP contribution in [-0.2, 0) is 6.54 Å². The molecule has 0 fully saturated rings. The predicted octanol–water partition coefficient (Wildman–Crippen LogP) is 5.59. The Labute approximate surface area is 134 Å². The number of benzene rings is 2. The smallest absolute Gasteiger partial charge is 0.0548 e. The van der Waals surface area contributed by atoms with Crippen molar-refractivity contribution in [3.63, 3.8) is 0 Å². The van der Waals surface area contributed by atoms with Gasteiger partial charge in [-0.25, -0.2) is 0 Å². The summed E-state index contributed by atoms with van der Waals surface area (Å²) < 4.78 is 0.944. The highest BCUT2D eigenvalue weighted by Gasteiger charge is 2.14. The molecule has 3 heteroatoms. The molecule has 0 aliphatic carbocycles. The van der Waals surface area contributed by atoms with E-state index in [1.165, 1.54) is 11.1 Å². The Morgan fingerprint density at radius 2 is 1.80 bits per heavy atom. The normalized spacial score (nSPS) is 12.7. The van der Waals surface area contributed by atoms with Crippen LogP contribution >= 0.6 is 27.5 Å². The molecule has 0 spiro atoms. The topological polar surface area (TPSA) is 12.0 Å². The van der Waals surface area contributed by atoms with Crippen LogP contribution in [0.2, 0.25) is 5.02 Å². The van der Waals surface area contributed by atoms with Crippen molar-refractivity contribution in [2.24, 2.45) is 5.92 Å². The Kier molecular flexibility index (Phi) is 5.64. The number of nitrogens with one attached hydrogen (secondary N) is 1. The zero-order chi connectivity index (χ0) is 14.5. The molecule has 0 saturated carbocycles. The summed E-state index contributed by atoms with van der Waals surface area (Å²) >= 11 is 9.49. The summed E-state index contributed by atoms with van der Waals surface area (Å²) in [5, 5.41) is 4.38. The third-order valence-corrected chi connectivity index (χ3v) is 4.55. The monoisotopic (exact) mass is 351 g/mol. The fourth-order valence-electron chi connectivity index (χ4n) is 2.28. The van der Waals surface area contributed by atoms with E-state index in [1.807, 2.05) is 6.07 Å².